The van der Waals surface area contributed by atoms with Crippen LogP contribution in [0.4, 0.5) is 10.8 Å². The first-order valence-electron chi connectivity index (χ1n) is 9.20. The first-order valence-corrected chi connectivity index (χ1v) is 11.9. The normalized spacial score (nSPS) is 16.0. The lowest BCUT2D eigenvalue weighted by Crippen LogP contribution is -2.34. The molecule has 1 aromatic heterocycles. The summed E-state index contributed by atoms with van der Waals surface area (Å²) < 4.78 is 25.5. The first kappa shape index (κ1) is 19.6. The van der Waals surface area contributed by atoms with Gasteiger partial charge in [-0.2, -0.15) is 0 Å². The summed E-state index contributed by atoms with van der Waals surface area (Å²) in [4.78, 5) is 18.4. The number of rotatable bonds is 4. The van der Waals surface area contributed by atoms with E-state index in [9.17, 15) is 13.2 Å². The van der Waals surface area contributed by atoms with E-state index in [1.807, 2.05) is 44.2 Å². The molecule has 0 unspecified atom stereocenters. The topological polar surface area (TPSA) is 79.4 Å². The van der Waals surface area contributed by atoms with Gasteiger partial charge in [0.15, 0.2) is 5.13 Å². The van der Waals surface area contributed by atoms with E-state index in [4.69, 9.17) is 0 Å². The van der Waals surface area contributed by atoms with E-state index in [0.29, 0.717) is 22.8 Å². The molecule has 6 nitrogen and oxygen atoms in total. The smallest absolute Gasteiger partial charge is 0.257 e. The number of carbonyl (C=O) groups is 1. The summed E-state index contributed by atoms with van der Waals surface area (Å²) in [6.45, 7) is 3.84. The summed E-state index contributed by atoms with van der Waals surface area (Å²) in [5.74, 6) is -0.258. The molecule has 1 aliphatic heterocycles. The Morgan fingerprint density at radius 3 is 2.62 bits per heavy atom. The fourth-order valence-corrected chi connectivity index (χ4v) is 5.83. The molecule has 2 heterocycles. The van der Waals surface area contributed by atoms with Crippen LogP contribution in [0, 0.1) is 6.92 Å². The van der Waals surface area contributed by atoms with Crippen molar-refractivity contribution in [2.45, 2.75) is 26.3 Å². The van der Waals surface area contributed by atoms with Crippen molar-refractivity contribution in [3.05, 3.63) is 64.5 Å². The summed E-state index contributed by atoms with van der Waals surface area (Å²) >= 11 is 1.43. The van der Waals surface area contributed by atoms with Gasteiger partial charge in [0.2, 0.25) is 10.0 Å². The maximum Gasteiger partial charge on any atom is 0.257 e. The number of hydrogen-bond donors (Lipinski definition) is 1. The lowest BCUT2D eigenvalue weighted by Gasteiger charge is -2.21. The van der Waals surface area contributed by atoms with Crippen LogP contribution in [0.15, 0.2) is 48.5 Å². The number of nitrogens with one attached hydrogen (secondary N) is 1. The zero-order chi connectivity index (χ0) is 20.8. The van der Waals surface area contributed by atoms with Crippen LogP contribution >= 0.6 is 11.3 Å². The Balaban J connectivity index is 1.57. The van der Waals surface area contributed by atoms with E-state index in [-0.39, 0.29) is 11.9 Å². The van der Waals surface area contributed by atoms with E-state index in [0.717, 1.165) is 21.7 Å². The Labute approximate surface area is 174 Å². The Kier molecular flexibility index (Phi) is 4.92. The molecule has 2 aromatic carbocycles. The van der Waals surface area contributed by atoms with Gasteiger partial charge in [-0.1, -0.05) is 30.3 Å². The lowest BCUT2D eigenvalue weighted by molar-refractivity contribution is 0.102. The number of aromatic nitrogens is 1. The van der Waals surface area contributed by atoms with Crippen LogP contribution < -0.4 is 9.62 Å². The first-order chi connectivity index (χ1) is 13.7. The predicted octanol–water partition coefficient (Wildman–Crippen LogP) is 4.08. The second-order valence-electron chi connectivity index (χ2n) is 7.20. The monoisotopic (exact) mass is 427 g/mol. The van der Waals surface area contributed by atoms with Crippen LogP contribution in [0.3, 0.4) is 0 Å². The van der Waals surface area contributed by atoms with Crippen molar-refractivity contribution < 1.29 is 13.2 Å². The van der Waals surface area contributed by atoms with Crippen LogP contribution in [-0.2, 0) is 16.4 Å². The van der Waals surface area contributed by atoms with Crippen LogP contribution in [0.5, 0.6) is 0 Å². The quantitative estimate of drug-likeness (QED) is 0.680. The van der Waals surface area contributed by atoms with Gasteiger partial charge in [-0.25, -0.2) is 13.4 Å². The zero-order valence-electron chi connectivity index (χ0n) is 16.3. The van der Waals surface area contributed by atoms with Gasteiger partial charge in [0.1, 0.15) is 0 Å². The molecule has 0 spiro atoms. The van der Waals surface area contributed by atoms with Crippen molar-refractivity contribution in [3.63, 3.8) is 0 Å². The Morgan fingerprint density at radius 2 is 1.93 bits per heavy atom. The second-order valence-corrected chi connectivity index (χ2v) is 10.3. The van der Waals surface area contributed by atoms with Gasteiger partial charge < -0.3 is 0 Å². The van der Waals surface area contributed by atoms with Crippen molar-refractivity contribution in [1.82, 2.24) is 4.98 Å². The molecule has 1 N–H and O–H groups in total. The van der Waals surface area contributed by atoms with Gasteiger partial charge in [-0.3, -0.25) is 14.4 Å². The molecule has 3 aromatic rings. The second kappa shape index (κ2) is 7.27. The summed E-state index contributed by atoms with van der Waals surface area (Å²) in [5.41, 5.74) is 3.86. The molecule has 1 atom stereocenters. The van der Waals surface area contributed by atoms with E-state index >= 15 is 0 Å². The largest absolute Gasteiger partial charge is 0.298 e. The van der Waals surface area contributed by atoms with Gasteiger partial charge in [0, 0.05) is 22.0 Å². The number of amides is 1. The Bertz CT molecular complexity index is 1190. The van der Waals surface area contributed by atoms with Crippen molar-refractivity contribution in [2.24, 2.45) is 0 Å². The van der Waals surface area contributed by atoms with Crippen LogP contribution in [0.1, 0.15) is 27.7 Å². The zero-order valence-corrected chi connectivity index (χ0v) is 18.0. The highest BCUT2D eigenvalue weighted by atomic mass is 32.2. The molecule has 4 rings (SSSR count). The van der Waals surface area contributed by atoms with Gasteiger partial charge in [0.25, 0.3) is 5.91 Å². The number of hydrogen-bond acceptors (Lipinski definition) is 5. The van der Waals surface area contributed by atoms with Crippen molar-refractivity contribution in [3.8, 4) is 11.3 Å². The molecule has 0 aliphatic carbocycles. The van der Waals surface area contributed by atoms with Crippen LogP contribution in [-0.4, -0.2) is 31.6 Å². The molecule has 0 saturated carbocycles. The summed E-state index contributed by atoms with van der Waals surface area (Å²) in [7, 11) is -3.35. The average Bonchev–Trinajstić information content (AvgIpc) is 3.19. The molecule has 0 bridgehead atoms. The Morgan fingerprint density at radius 1 is 1.21 bits per heavy atom. The number of anilines is 2. The third-order valence-corrected chi connectivity index (χ3v) is 7.07. The molecule has 0 radical (unpaired) electrons. The summed E-state index contributed by atoms with van der Waals surface area (Å²) in [5, 5.41) is 3.41. The lowest BCUT2D eigenvalue weighted by atomic mass is 10.1. The highest BCUT2D eigenvalue weighted by Gasteiger charge is 2.32. The highest BCUT2D eigenvalue weighted by molar-refractivity contribution is 7.92. The molecule has 8 heteroatoms. The molecular weight excluding hydrogens is 406 g/mol. The predicted molar refractivity (Wildman–Crippen MR) is 117 cm³/mol. The van der Waals surface area contributed by atoms with E-state index in [2.05, 4.69) is 10.3 Å². The summed E-state index contributed by atoms with van der Waals surface area (Å²) in [6.07, 6.45) is 1.78. The highest BCUT2D eigenvalue weighted by Crippen LogP contribution is 2.35. The number of aryl methyl sites for hydroxylation is 1. The minimum absolute atomic E-state index is 0.159. The molecule has 0 saturated heterocycles. The van der Waals surface area contributed by atoms with Crippen LogP contribution in [0.2, 0.25) is 0 Å². The van der Waals surface area contributed by atoms with Crippen molar-refractivity contribution in [1.29, 1.82) is 0 Å². The van der Waals surface area contributed by atoms with Crippen molar-refractivity contribution in [2.75, 3.05) is 15.9 Å². The van der Waals surface area contributed by atoms with Gasteiger partial charge in [-0.15, -0.1) is 11.3 Å². The fourth-order valence-electron chi connectivity index (χ4n) is 3.73. The van der Waals surface area contributed by atoms with Gasteiger partial charge in [0.05, 0.1) is 17.6 Å². The molecule has 1 aliphatic rings. The Hall–Kier alpha value is -2.71. The number of sulfonamides is 1. The maximum absolute atomic E-state index is 12.8. The van der Waals surface area contributed by atoms with Crippen molar-refractivity contribution >= 4 is 38.1 Å². The van der Waals surface area contributed by atoms with Gasteiger partial charge in [-0.05, 0) is 44.0 Å². The van der Waals surface area contributed by atoms with E-state index in [1.165, 1.54) is 21.9 Å². The van der Waals surface area contributed by atoms with Gasteiger partial charge >= 0.3 is 0 Å². The number of fused-ring (bicyclic) bond motifs is 1. The maximum atomic E-state index is 12.8. The summed E-state index contributed by atoms with van der Waals surface area (Å²) in [6, 6.07) is 14.8. The van der Waals surface area contributed by atoms with Crippen LogP contribution in [0.25, 0.3) is 11.3 Å². The van der Waals surface area contributed by atoms with E-state index < -0.39 is 10.0 Å². The minimum Gasteiger partial charge on any atom is -0.298 e. The standard InChI is InChI=1S/C21H21N3O3S2/c1-13-11-17-12-16(9-10-18(17)24(13)29(3,26)27)20(25)23-21-22-19(14(2)28-21)15-7-5-4-6-8-15/h4-10,12-13H,11H2,1-3H3,(H,22,23,25)/t13-/m0/s1. The number of benzene rings is 2. The molecule has 0 fully saturated rings. The molecule has 150 valence electrons. The van der Waals surface area contributed by atoms with E-state index in [1.54, 1.807) is 18.2 Å². The third kappa shape index (κ3) is 3.77. The third-order valence-electron chi connectivity index (χ3n) is 4.92. The minimum atomic E-state index is -3.35. The molecular formula is C21H21N3O3S2. The number of carbonyl (C=O) groups excluding carboxylic acids is 1. The average molecular weight is 428 g/mol. The number of thiazole rings is 1. The fraction of sp³-hybridized carbons (Fsp3) is 0.238. The number of nitrogens with zero attached hydrogens (tertiary/aromatic N) is 2. The molecule has 1 amide bonds. The SMILES string of the molecule is Cc1sc(NC(=O)c2ccc3c(c2)C[C@H](C)N3S(C)(=O)=O)nc1-c1ccccc1. The molecule has 29 heavy (non-hydrogen) atoms.